The minimum Gasteiger partial charge on any atom is -0.343 e. The smallest absolute Gasteiger partial charge is 0.255 e. The van der Waals surface area contributed by atoms with Crippen LogP contribution in [-0.2, 0) is 31.5 Å². The highest BCUT2D eigenvalue weighted by atomic mass is 16.1. The van der Waals surface area contributed by atoms with E-state index in [-0.39, 0.29) is 11.0 Å². The third-order valence-electron chi connectivity index (χ3n) is 5.45. The molecule has 0 unspecified atom stereocenters. The normalized spacial score (nSPS) is 15.0. The second-order valence-corrected chi connectivity index (χ2v) is 8.66. The summed E-state index contributed by atoms with van der Waals surface area (Å²) >= 11 is 0. The van der Waals surface area contributed by atoms with Gasteiger partial charge in [-0.15, -0.1) is 6.58 Å². The number of aromatic nitrogens is 3. The monoisotopic (exact) mass is 376 g/mol. The van der Waals surface area contributed by atoms with Crippen LogP contribution in [0.3, 0.4) is 0 Å². The molecule has 0 saturated carbocycles. The molecule has 5 nitrogen and oxygen atoms in total. The van der Waals surface area contributed by atoms with Gasteiger partial charge in [0, 0.05) is 55.1 Å². The van der Waals surface area contributed by atoms with Crippen LogP contribution in [0.15, 0.2) is 47.9 Å². The van der Waals surface area contributed by atoms with Gasteiger partial charge in [-0.2, -0.15) is 0 Å². The summed E-state index contributed by atoms with van der Waals surface area (Å²) in [6.45, 7) is 13.3. The van der Waals surface area contributed by atoms with Crippen LogP contribution in [0.4, 0.5) is 0 Å². The molecule has 0 saturated heterocycles. The van der Waals surface area contributed by atoms with E-state index in [0.717, 1.165) is 43.1 Å². The minimum atomic E-state index is -0.154. The molecule has 1 aromatic carbocycles. The van der Waals surface area contributed by atoms with E-state index in [4.69, 9.17) is 4.98 Å². The van der Waals surface area contributed by atoms with E-state index in [0.29, 0.717) is 6.54 Å². The Morgan fingerprint density at radius 2 is 2.07 bits per heavy atom. The van der Waals surface area contributed by atoms with Crippen molar-refractivity contribution < 1.29 is 0 Å². The first-order valence-corrected chi connectivity index (χ1v) is 9.89. The van der Waals surface area contributed by atoms with Crippen LogP contribution >= 0.6 is 0 Å². The average Bonchev–Trinajstić information content (AvgIpc) is 2.99. The van der Waals surface area contributed by atoms with Crippen LogP contribution in [0, 0.1) is 0 Å². The third kappa shape index (κ3) is 3.42. The lowest BCUT2D eigenvalue weighted by Crippen LogP contribution is -2.37. The zero-order chi connectivity index (χ0) is 19.9. The molecule has 5 heteroatoms. The fraction of sp³-hybridized carbons (Fsp3) is 0.391. The second-order valence-electron chi connectivity index (χ2n) is 8.66. The Morgan fingerprint density at radius 1 is 1.29 bits per heavy atom. The summed E-state index contributed by atoms with van der Waals surface area (Å²) in [6.07, 6.45) is 4.95. The highest BCUT2D eigenvalue weighted by molar-refractivity contribution is 5.84. The molecule has 2 aromatic heterocycles. The van der Waals surface area contributed by atoms with E-state index < -0.39 is 0 Å². The molecule has 1 N–H and O–H groups in total. The fourth-order valence-electron chi connectivity index (χ4n) is 3.95. The first-order chi connectivity index (χ1) is 13.4. The molecule has 1 aliphatic heterocycles. The maximum absolute atomic E-state index is 12.7. The summed E-state index contributed by atoms with van der Waals surface area (Å²) in [5, 5.41) is 1.27. The number of nitrogens with one attached hydrogen (secondary N) is 1. The van der Waals surface area contributed by atoms with Gasteiger partial charge in [0.15, 0.2) is 0 Å². The summed E-state index contributed by atoms with van der Waals surface area (Å²) < 4.78 is 2.24. The molecule has 4 rings (SSSR count). The van der Waals surface area contributed by atoms with Crippen molar-refractivity contribution in [1.29, 1.82) is 0 Å². The van der Waals surface area contributed by atoms with Crippen LogP contribution in [-0.4, -0.2) is 26.0 Å². The SMILES string of the molecule is C=CCn1cc(CN2CCc3nc(C(C)(C)C)[nH]c(=O)c3C2)c2ccccc21. The number of allylic oxidation sites excluding steroid dienone is 1. The van der Waals surface area contributed by atoms with Gasteiger partial charge in [-0.3, -0.25) is 9.69 Å². The van der Waals surface area contributed by atoms with Crippen LogP contribution in [0.5, 0.6) is 0 Å². The molecule has 0 aliphatic carbocycles. The van der Waals surface area contributed by atoms with Crippen LogP contribution < -0.4 is 5.56 Å². The molecule has 0 radical (unpaired) electrons. The van der Waals surface area contributed by atoms with Crippen LogP contribution in [0.2, 0.25) is 0 Å². The zero-order valence-electron chi connectivity index (χ0n) is 17.0. The molecule has 0 amide bonds. The summed E-state index contributed by atoms with van der Waals surface area (Å²) in [5.74, 6) is 0.775. The standard InChI is InChI=1S/C23H28N4O/c1-5-11-27-14-16(17-8-6-7-9-20(17)27)13-26-12-10-19-18(15-26)21(28)25-22(24-19)23(2,3)4/h5-9,14H,1,10-13,15H2,2-4H3,(H,24,25,28). The molecule has 1 aliphatic rings. The number of H-pyrrole nitrogens is 1. The molecule has 0 spiro atoms. The molecule has 0 bridgehead atoms. The summed E-state index contributed by atoms with van der Waals surface area (Å²) in [7, 11) is 0. The minimum absolute atomic E-state index is 0.00807. The molecule has 28 heavy (non-hydrogen) atoms. The van der Waals surface area contributed by atoms with Crippen LogP contribution in [0.1, 0.15) is 43.4 Å². The van der Waals surface area contributed by atoms with E-state index >= 15 is 0 Å². The number of rotatable bonds is 4. The second kappa shape index (κ2) is 7.06. The predicted octanol–water partition coefficient (Wildman–Crippen LogP) is 3.77. The van der Waals surface area contributed by atoms with Gasteiger partial charge >= 0.3 is 0 Å². The lowest BCUT2D eigenvalue weighted by molar-refractivity contribution is 0.241. The van der Waals surface area contributed by atoms with Gasteiger partial charge in [0.1, 0.15) is 5.82 Å². The number of aromatic amines is 1. The van der Waals surface area contributed by atoms with Gasteiger partial charge in [-0.05, 0) is 11.6 Å². The van der Waals surface area contributed by atoms with Gasteiger partial charge < -0.3 is 9.55 Å². The first kappa shape index (κ1) is 18.7. The van der Waals surface area contributed by atoms with Crippen molar-refractivity contribution in [3.63, 3.8) is 0 Å². The van der Waals surface area contributed by atoms with Crippen molar-refractivity contribution >= 4 is 10.9 Å². The first-order valence-electron chi connectivity index (χ1n) is 9.89. The lowest BCUT2D eigenvalue weighted by Gasteiger charge is -2.28. The molecule has 3 heterocycles. The third-order valence-corrected chi connectivity index (χ3v) is 5.45. The number of para-hydroxylation sites is 1. The molecule has 0 fully saturated rings. The van der Waals surface area contributed by atoms with Gasteiger partial charge in [0.25, 0.3) is 5.56 Å². The molecule has 3 aromatic rings. The Kier molecular flexibility index (Phi) is 4.71. The maximum atomic E-state index is 12.7. The van der Waals surface area contributed by atoms with Crippen molar-refractivity contribution in [3.8, 4) is 0 Å². The Balaban J connectivity index is 1.62. The predicted molar refractivity (Wildman–Crippen MR) is 114 cm³/mol. The Labute approximate surface area is 165 Å². The number of hydrogen-bond acceptors (Lipinski definition) is 3. The molecular weight excluding hydrogens is 348 g/mol. The molecule has 146 valence electrons. The van der Waals surface area contributed by atoms with Crippen molar-refractivity contribution in [2.45, 2.75) is 52.2 Å². The van der Waals surface area contributed by atoms with Gasteiger partial charge in [-0.25, -0.2) is 4.98 Å². The van der Waals surface area contributed by atoms with E-state index in [1.807, 2.05) is 6.08 Å². The lowest BCUT2D eigenvalue weighted by atomic mass is 9.95. The zero-order valence-corrected chi connectivity index (χ0v) is 17.0. The highest BCUT2D eigenvalue weighted by Gasteiger charge is 2.25. The summed E-state index contributed by atoms with van der Waals surface area (Å²) in [4.78, 5) is 22.8. The van der Waals surface area contributed by atoms with Crippen molar-refractivity contribution in [2.75, 3.05) is 6.54 Å². The molecule has 0 atom stereocenters. The van der Waals surface area contributed by atoms with E-state index in [2.05, 4.69) is 72.3 Å². The van der Waals surface area contributed by atoms with Crippen LogP contribution in [0.25, 0.3) is 10.9 Å². The molecular formula is C23H28N4O. The van der Waals surface area contributed by atoms with Gasteiger partial charge in [0.2, 0.25) is 0 Å². The fourth-order valence-corrected chi connectivity index (χ4v) is 3.95. The number of benzene rings is 1. The van der Waals surface area contributed by atoms with Crippen molar-refractivity contribution in [3.05, 3.63) is 76.1 Å². The van der Waals surface area contributed by atoms with Gasteiger partial charge in [-0.1, -0.05) is 45.0 Å². The Bertz CT molecular complexity index is 1080. The van der Waals surface area contributed by atoms with Crippen molar-refractivity contribution in [1.82, 2.24) is 19.4 Å². The van der Waals surface area contributed by atoms with E-state index in [1.165, 1.54) is 16.5 Å². The summed E-state index contributed by atoms with van der Waals surface area (Å²) in [6, 6.07) is 8.47. The number of hydrogen-bond donors (Lipinski definition) is 1. The Hall–Kier alpha value is -2.66. The topological polar surface area (TPSA) is 53.9 Å². The highest BCUT2D eigenvalue weighted by Crippen LogP contribution is 2.25. The van der Waals surface area contributed by atoms with Crippen molar-refractivity contribution in [2.24, 2.45) is 0 Å². The Morgan fingerprint density at radius 3 is 2.82 bits per heavy atom. The number of nitrogens with zero attached hydrogens (tertiary/aromatic N) is 3. The van der Waals surface area contributed by atoms with E-state index in [9.17, 15) is 4.79 Å². The summed E-state index contributed by atoms with van der Waals surface area (Å²) in [5.41, 5.74) is 4.14. The number of fused-ring (bicyclic) bond motifs is 2. The van der Waals surface area contributed by atoms with E-state index in [1.54, 1.807) is 0 Å². The largest absolute Gasteiger partial charge is 0.343 e. The van der Waals surface area contributed by atoms with Gasteiger partial charge in [0.05, 0.1) is 11.3 Å². The maximum Gasteiger partial charge on any atom is 0.255 e. The average molecular weight is 377 g/mol. The quantitative estimate of drug-likeness (QED) is 0.705.